The summed E-state index contributed by atoms with van der Waals surface area (Å²) in [5.74, 6) is 1.84. The van der Waals surface area contributed by atoms with Gasteiger partial charge in [0.15, 0.2) is 5.82 Å². The molecular formula is C16H20N6O. The van der Waals surface area contributed by atoms with Crippen LogP contribution in [-0.2, 0) is 4.79 Å². The zero-order chi connectivity index (χ0) is 15.6. The molecule has 1 saturated carbocycles. The van der Waals surface area contributed by atoms with Crippen LogP contribution in [0.15, 0.2) is 30.9 Å². The van der Waals surface area contributed by atoms with E-state index in [0.717, 1.165) is 24.5 Å². The molecule has 1 N–H and O–H groups in total. The number of nitrogens with zero attached hydrogens (tertiary/aromatic N) is 5. The summed E-state index contributed by atoms with van der Waals surface area (Å²) in [5, 5.41) is 7.35. The molecule has 0 atom stereocenters. The lowest BCUT2D eigenvalue weighted by Crippen LogP contribution is -2.55. The van der Waals surface area contributed by atoms with Crippen LogP contribution in [0.4, 0.5) is 5.82 Å². The van der Waals surface area contributed by atoms with Crippen molar-refractivity contribution in [2.24, 2.45) is 5.92 Å². The Morgan fingerprint density at radius 1 is 1.17 bits per heavy atom. The van der Waals surface area contributed by atoms with Crippen LogP contribution in [0.2, 0.25) is 0 Å². The maximum absolute atomic E-state index is 12.2. The first-order valence-electron chi connectivity index (χ1n) is 8.17. The van der Waals surface area contributed by atoms with Crippen molar-refractivity contribution in [3.05, 3.63) is 30.9 Å². The number of hydrogen-bond donors (Lipinski definition) is 1. The molecular weight excluding hydrogens is 292 g/mol. The summed E-state index contributed by atoms with van der Waals surface area (Å²) >= 11 is 0. The van der Waals surface area contributed by atoms with Crippen LogP contribution in [-0.4, -0.2) is 44.8 Å². The van der Waals surface area contributed by atoms with E-state index in [1.54, 1.807) is 10.9 Å². The molecule has 1 aliphatic carbocycles. The predicted octanol–water partition coefficient (Wildman–Crippen LogP) is 1.16. The lowest BCUT2D eigenvalue weighted by molar-refractivity contribution is -0.126. The van der Waals surface area contributed by atoms with E-state index in [2.05, 4.69) is 25.3 Å². The predicted molar refractivity (Wildman–Crippen MR) is 85.3 cm³/mol. The molecule has 7 nitrogen and oxygen atoms in total. The molecule has 1 saturated heterocycles. The summed E-state index contributed by atoms with van der Waals surface area (Å²) in [5.41, 5.74) is 0. The van der Waals surface area contributed by atoms with E-state index < -0.39 is 0 Å². The number of aromatic nitrogens is 4. The first-order chi connectivity index (χ1) is 11.3. The second-order valence-corrected chi connectivity index (χ2v) is 6.28. The number of carbonyl (C=O) groups is 1. The van der Waals surface area contributed by atoms with Crippen LogP contribution in [0, 0.1) is 5.92 Å². The van der Waals surface area contributed by atoms with Gasteiger partial charge in [-0.25, -0.2) is 14.6 Å². The normalized spacial score (nSPS) is 18.9. The Hall–Kier alpha value is -2.44. The summed E-state index contributed by atoms with van der Waals surface area (Å²) in [7, 11) is 0. The third-order valence-corrected chi connectivity index (χ3v) is 4.66. The number of hydrogen-bond acceptors (Lipinski definition) is 5. The summed E-state index contributed by atoms with van der Waals surface area (Å²) < 4.78 is 1.70. The minimum atomic E-state index is 0.0683. The molecule has 2 aromatic rings. The van der Waals surface area contributed by atoms with Crippen LogP contribution in [0.5, 0.6) is 0 Å². The standard InChI is InChI=1S/C16H20N6O/c23-16(20-13-4-1-2-5-13)12-9-21(10-12)14-8-15(18-11-17-14)22-7-3-6-19-22/h3,6-8,11-13H,1-2,4-5,9-10H2,(H,20,23). The average Bonchev–Trinajstić information content (AvgIpc) is 3.19. The van der Waals surface area contributed by atoms with Crippen molar-refractivity contribution in [2.75, 3.05) is 18.0 Å². The number of anilines is 1. The Labute approximate surface area is 134 Å². The van der Waals surface area contributed by atoms with Gasteiger partial charge in [-0.2, -0.15) is 5.10 Å². The SMILES string of the molecule is O=C(NC1CCCC1)C1CN(c2cc(-n3cccn3)ncn2)C1. The monoisotopic (exact) mass is 312 g/mol. The van der Waals surface area contributed by atoms with Gasteiger partial charge in [0.1, 0.15) is 12.1 Å². The minimum Gasteiger partial charge on any atom is -0.355 e. The summed E-state index contributed by atoms with van der Waals surface area (Å²) in [4.78, 5) is 22.9. The Morgan fingerprint density at radius 2 is 1.96 bits per heavy atom. The van der Waals surface area contributed by atoms with Gasteiger partial charge in [-0.15, -0.1) is 0 Å². The topological polar surface area (TPSA) is 75.9 Å². The fraction of sp³-hybridized carbons (Fsp3) is 0.500. The first-order valence-corrected chi connectivity index (χ1v) is 8.17. The van der Waals surface area contributed by atoms with Crippen molar-refractivity contribution in [1.29, 1.82) is 0 Å². The second kappa shape index (κ2) is 5.98. The van der Waals surface area contributed by atoms with Gasteiger partial charge in [0.05, 0.1) is 5.92 Å². The van der Waals surface area contributed by atoms with E-state index in [1.165, 1.54) is 19.2 Å². The number of nitrogens with one attached hydrogen (secondary N) is 1. The Morgan fingerprint density at radius 3 is 2.70 bits per heavy atom. The first kappa shape index (κ1) is 14.2. The second-order valence-electron chi connectivity index (χ2n) is 6.28. The highest BCUT2D eigenvalue weighted by Gasteiger charge is 2.34. The molecule has 3 heterocycles. The maximum atomic E-state index is 12.2. The molecule has 2 fully saturated rings. The van der Waals surface area contributed by atoms with Gasteiger partial charge in [-0.3, -0.25) is 4.79 Å². The van der Waals surface area contributed by atoms with Crippen molar-refractivity contribution in [1.82, 2.24) is 25.1 Å². The van der Waals surface area contributed by atoms with Crippen LogP contribution in [0.1, 0.15) is 25.7 Å². The van der Waals surface area contributed by atoms with Crippen LogP contribution in [0.25, 0.3) is 5.82 Å². The van der Waals surface area contributed by atoms with Crippen LogP contribution >= 0.6 is 0 Å². The number of carbonyl (C=O) groups excluding carboxylic acids is 1. The van der Waals surface area contributed by atoms with Gasteiger partial charge >= 0.3 is 0 Å². The smallest absolute Gasteiger partial charge is 0.226 e. The largest absolute Gasteiger partial charge is 0.355 e. The van der Waals surface area contributed by atoms with Crippen molar-refractivity contribution in [2.45, 2.75) is 31.7 Å². The Balaban J connectivity index is 1.36. The van der Waals surface area contributed by atoms with Crippen LogP contribution in [0.3, 0.4) is 0 Å². The molecule has 2 aliphatic rings. The molecule has 0 bridgehead atoms. The van der Waals surface area contributed by atoms with E-state index in [1.807, 2.05) is 18.3 Å². The molecule has 1 aliphatic heterocycles. The summed E-state index contributed by atoms with van der Waals surface area (Å²) in [6, 6.07) is 4.15. The highest BCUT2D eigenvalue weighted by atomic mass is 16.2. The fourth-order valence-corrected chi connectivity index (χ4v) is 3.26. The molecule has 2 aromatic heterocycles. The average molecular weight is 312 g/mol. The molecule has 0 aromatic carbocycles. The van der Waals surface area contributed by atoms with Gasteiger partial charge < -0.3 is 10.2 Å². The quantitative estimate of drug-likeness (QED) is 0.917. The lowest BCUT2D eigenvalue weighted by atomic mass is 9.98. The molecule has 0 radical (unpaired) electrons. The van der Waals surface area contributed by atoms with Gasteiger partial charge in [0.25, 0.3) is 0 Å². The number of rotatable bonds is 4. The van der Waals surface area contributed by atoms with Crippen LogP contribution < -0.4 is 10.2 Å². The Bertz CT molecular complexity index is 674. The van der Waals surface area contributed by atoms with E-state index >= 15 is 0 Å². The van der Waals surface area contributed by atoms with E-state index in [0.29, 0.717) is 19.1 Å². The third-order valence-electron chi connectivity index (χ3n) is 4.66. The van der Waals surface area contributed by atoms with Crippen molar-refractivity contribution in [3.63, 3.8) is 0 Å². The molecule has 120 valence electrons. The van der Waals surface area contributed by atoms with Crippen molar-refractivity contribution in [3.8, 4) is 5.82 Å². The van der Waals surface area contributed by atoms with Gasteiger partial charge in [0, 0.05) is 37.6 Å². The van der Waals surface area contributed by atoms with E-state index in [4.69, 9.17) is 0 Å². The molecule has 1 amide bonds. The maximum Gasteiger partial charge on any atom is 0.226 e. The summed E-state index contributed by atoms with van der Waals surface area (Å²) in [6.45, 7) is 1.43. The zero-order valence-corrected chi connectivity index (χ0v) is 12.9. The van der Waals surface area contributed by atoms with Crippen molar-refractivity contribution < 1.29 is 4.79 Å². The number of amides is 1. The van der Waals surface area contributed by atoms with E-state index in [-0.39, 0.29) is 11.8 Å². The summed E-state index contributed by atoms with van der Waals surface area (Å²) in [6.07, 6.45) is 9.83. The molecule has 0 spiro atoms. The molecule has 0 unspecified atom stereocenters. The van der Waals surface area contributed by atoms with Gasteiger partial charge in [-0.1, -0.05) is 12.8 Å². The lowest BCUT2D eigenvalue weighted by Gasteiger charge is -2.39. The minimum absolute atomic E-state index is 0.0683. The van der Waals surface area contributed by atoms with Gasteiger partial charge in [-0.05, 0) is 18.9 Å². The van der Waals surface area contributed by atoms with E-state index in [9.17, 15) is 4.79 Å². The highest BCUT2D eigenvalue weighted by Crippen LogP contribution is 2.25. The third kappa shape index (κ3) is 2.91. The zero-order valence-electron chi connectivity index (χ0n) is 12.9. The molecule has 7 heteroatoms. The van der Waals surface area contributed by atoms with Gasteiger partial charge in [0.2, 0.25) is 5.91 Å². The Kier molecular flexibility index (Phi) is 3.69. The fourth-order valence-electron chi connectivity index (χ4n) is 3.26. The molecule has 23 heavy (non-hydrogen) atoms. The van der Waals surface area contributed by atoms with Crippen molar-refractivity contribution >= 4 is 11.7 Å². The molecule has 4 rings (SSSR count). The highest BCUT2D eigenvalue weighted by molar-refractivity contribution is 5.82.